The minimum atomic E-state index is -1.05. The average Bonchev–Trinajstić information content (AvgIpc) is 2.86. The van der Waals surface area contributed by atoms with E-state index in [0.29, 0.717) is 42.5 Å². The third-order valence-electron chi connectivity index (χ3n) is 6.09. The number of aldehydes is 2. The van der Waals surface area contributed by atoms with Gasteiger partial charge in [0.15, 0.2) is 0 Å². The highest BCUT2D eigenvalue weighted by atomic mass is 16.2. The minimum absolute atomic E-state index is 0.0642. The third kappa shape index (κ3) is 10.8. The van der Waals surface area contributed by atoms with Crippen LogP contribution in [0, 0.1) is 6.92 Å². The van der Waals surface area contributed by atoms with Crippen molar-refractivity contribution < 1.29 is 24.0 Å². The SMILES string of the molecule is CNC(=O)C(CCC=O)N(C=O)C(=O)c1c(C)cccc1NCCCCCCCCCCCC=O. The van der Waals surface area contributed by atoms with E-state index in [1.165, 1.54) is 32.7 Å². The summed E-state index contributed by atoms with van der Waals surface area (Å²) in [5.74, 6) is -1.05. The lowest BCUT2D eigenvalue weighted by molar-refractivity contribution is -0.131. The van der Waals surface area contributed by atoms with Gasteiger partial charge in [-0.1, -0.05) is 57.1 Å². The summed E-state index contributed by atoms with van der Waals surface area (Å²) in [6.45, 7) is 2.49. The van der Waals surface area contributed by atoms with Crippen molar-refractivity contribution in [2.24, 2.45) is 0 Å². The molecule has 0 aliphatic heterocycles. The van der Waals surface area contributed by atoms with E-state index in [1.807, 2.05) is 6.07 Å². The summed E-state index contributed by atoms with van der Waals surface area (Å²) in [5, 5.41) is 5.79. The molecule has 35 heavy (non-hydrogen) atoms. The van der Waals surface area contributed by atoms with Gasteiger partial charge in [-0.05, 0) is 37.8 Å². The Hall–Kier alpha value is -3.03. The number of nitrogens with zero attached hydrogens (tertiary/aromatic N) is 1. The van der Waals surface area contributed by atoms with Gasteiger partial charge in [0.25, 0.3) is 5.91 Å². The standard InChI is InChI=1S/C27H41N3O5/c1-22-15-13-16-23(29-18-11-9-7-5-3-4-6-8-10-12-19-31)25(22)27(35)30(21-33)24(17-14-20-32)26(34)28-2/h13,15-16,19-21,24,29H,3-12,14,17-18H2,1-2H3,(H,28,34). The molecule has 0 radical (unpaired) electrons. The Balaban J connectivity index is 2.63. The normalized spacial score (nSPS) is 11.4. The average molecular weight is 488 g/mol. The van der Waals surface area contributed by atoms with Gasteiger partial charge in [-0.25, -0.2) is 0 Å². The Morgan fingerprint density at radius 3 is 2.06 bits per heavy atom. The zero-order valence-electron chi connectivity index (χ0n) is 21.2. The Kier molecular flexibility index (Phi) is 15.7. The van der Waals surface area contributed by atoms with E-state index in [9.17, 15) is 24.0 Å². The van der Waals surface area contributed by atoms with Crippen LogP contribution in [-0.4, -0.2) is 55.3 Å². The predicted molar refractivity (Wildman–Crippen MR) is 137 cm³/mol. The topological polar surface area (TPSA) is 113 Å². The van der Waals surface area contributed by atoms with Gasteiger partial charge >= 0.3 is 0 Å². The molecule has 2 N–H and O–H groups in total. The van der Waals surface area contributed by atoms with Crippen molar-refractivity contribution in [1.29, 1.82) is 0 Å². The molecule has 0 aromatic heterocycles. The summed E-state index contributed by atoms with van der Waals surface area (Å²) in [7, 11) is 1.43. The number of rotatable bonds is 20. The molecule has 0 bridgehead atoms. The van der Waals surface area contributed by atoms with E-state index in [0.717, 1.165) is 43.3 Å². The van der Waals surface area contributed by atoms with Crippen molar-refractivity contribution in [3.05, 3.63) is 29.3 Å². The second kappa shape index (κ2) is 18.3. The molecule has 1 aromatic carbocycles. The maximum absolute atomic E-state index is 13.3. The number of likely N-dealkylation sites (N-methyl/N-ethyl adjacent to an activating group) is 1. The Labute approximate surface area is 209 Å². The third-order valence-corrected chi connectivity index (χ3v) is 6.09. The van der Waals surface area contributed by atoms with Crippen LogP contribution in [0.15, 0.2) is 18.2 Å². The Morgan fingerprint density at radius 1 is 0.886 bits per heavy atom. The lowest BCUT2D eigenvalue weighted by Gasteiger charge is -2.26. The van der Waals surface area contributed by atoms with Crippen LogP contribution in [0.3, 0.4) is 0 Å². The molecular weight excluding hydrogens is 446 g/mol. The van der Waals surface area contributed by atoms with Gasteiger partial charge in [-0.2, -0.15) is 0 Å². The highest BCUT2D eigenvalue weighted by Crippen LogP contribution is 2.23. The van der Waals surface area contributed by atoms with Gasteiger partial charge < -0.3 is 20.2 Å². The van der Waals surface area contributed by atoms with Gasteiger partial charge in [0.1, 0.15) is 18.6 Å². The molecule has 194 valence electrons. The number of hydrogen-bond acceptors (Lipinski definition) is 6. The fourth-order valence-corrected chi connectivity index (χ4v) is 4.09. The lowest BCUT2D eigenvalue weighted by atomic mass is 10.0. The van der Waals surface area contributed by atoms with Crippen LogP contribution in [0.25, 0.3) is 0 Å². The molecule has 3 amide bonds. The zero-order valence-corrected chi connectivity index (χ0v) is 21.2. The van der Waals surface area contributed by atoms with Gasteiger partial charge in [0.05, 0.1) is 5.56 Å². The van der Waals surface area contributed by atoms with Crippen molar-refractivity contribution in [3.8, 4) is 0 Å². The summed E-state index contributed by atoms with van der Waals surface area (Å²) < 4.78 is 0. The molecule has 0 spiro atoms. The number of unbranched alkanes of at least 4 members (excludes halogenated alkanes) is 9. The van der Waals surface area contributed by atoms with Crippen LogP contribution in [0.4, 0.5) is 5.69 Å². The van der Waals surface area contributed by atoms with Crippen LogP contribution >= 0.6 is 0 Å². The first-order valence-electron chi connectivity index (χ1n) is 12.7. The van der Waals surface area contributed by atoms with E-state index in [1.54, 1.807) is 19.1 Å². The summed E-state index contributed by atoms with van der Waals surface area (Å²) in [6.07, 6.45) is 12.9. The largest absolute Gasteiger partial charge is 0.384 e. The molecule has 8 heteroatoms. The fourth-order valence-electron chi connectivity index (χ4n) is 4.09. The van der Waals surface area contributed by atoms with Crippen molar-refractivity contribution in [2.75, 3.05) is 18.9 Å². The van der Waals surface area contributed by atoms with E-state index in [2.05, 4.69) is 10.6 Å². The van der Waals surface area contributed by atoms with Gasteiger partial charge in [-0.3, -0.25) is 19.3 Å². The number of anilines is 1. The van der Waals surface area contributed by atoms with E-state index in [-0.39, 0.29) is 12.8 Å². The van der Waals surface area contributed by atoms with E-state index < -0.39 is 17.9 Å². The van der Waals surface area contributed by atoms with E-state index >= 15 is 0 Å². The smallest absolute Gasteiger partial charge is 0.263 e. The second-order valence-electron chi connectivity index (χ2n) is 8.75. The molecule has 0 heterocycles. The van der Waals surface area contributed by atoms with Crippen LogP contribution in [0.5, 0.6) is 0 Å². The molecule has 1 unspecified atom stereocenters. The second-order valence-corrected chi connectivity index (χ2v) is 8.75. The number of carbonyl (C=O) groups excluding carboxylic acids is 5. The highest BCUT2D eigenvalue weighted by Gasteiger charge is 2.31. The first-order chi connectivity index (χ1) is 17.0. The molecule has 0 saturated heterocycles. The number of nitrogens with one attached hydrogen (secondary N) is 2. The summed E-state index contributed by atoms with van der Waals surface area (Å²) in [6, 6.07) is 4.39. The number of imide groups is 1. The number of aryl methyl sites for hydroxylation is 1. The number of carbonyl (C=O) groups is 5. The molecule has 0 aliphatic carbocycles. The quantitative estimate of drug-likeness (QED) is 0.211. The highest BCUT2D eigenvalue weighted by molar-refractivity contribution is 6.07. The molecule has 0 saturated carbocycles. The van der Waals surface area contributed by atoms with Crippen LogP contribution in [0.2, 0.25) is 0 Å². The Morgan fingerprint density at radius 2 is 1.49 bits per heavy atom. The number of benzene rings is 1. The van der Waals surface area contributed by atoms with Crippen molar-refractivity contribution in [2.45, 2.75) is 90.0 Å². The summed E-state index contributed by atoms with van der Waals surface area (Å²) >= 11 is 0. The lowest BCUT2D eigenvalue weighted by Crippen LogP contribution is -2.48. The van der Waals surface area contributed by atoms with Crippen LogP contribution in [0.1, 0.15) is 93.0 Å². The van der Waals surface area contributed by atoms with Crippen molar-refractivity contribution in [3.63, 3.8) is 0 Å². The number of amides is 3. The van der Waals surface area contributed by atoms with E-state index in [4.69, 9.17) is 0 Å². The van der Waals surface area contributed by atoms with Crippen LogP contribution in [-0.2, 0) is 19.2 Å². The number of hydrogen-bond donors (Lipinski definition) is 2. The minimum Gasteiger partial charge on any atom is -0.384 e. The molecule has 1 aromatic rings. The monoisotopic (exact) mass is 487 g/mol. The molecular formula is C27H41N3O5. The van der Waals surface area contributed by atoms with Crippen molar-refractivity contribution in [1.82, 2.24) is 10.2 Å². The summed E-state index contributed by atoms with van der Waals surface area (Å²) in [4.78, 5) is 59.5. The fraction of sp³-hybridized carbons (Fsp3) is 0.593. The first-order valence-corrected chi connectivity index (χ1v) is 12.7. The Bertz CT molecular complexity index is 812. The van der Waals surface area contributed by atoms with Gasteiger partial charge in [0, 0.05) is 32.1 Å². The molecule has 1 atom stereocenters. The molecule has 1 rings (SSSR count). The summed E-state index contributed by atoms with van der Waals surface area (Å²) in [5.41, 5.74) is 1.68. The maximum Gasteiger partial charge on any atom is 0.263 e. The molecule has 8 nitrogen and oxygen atoms in total. The van der Waals surface area contributed by atoms with Crippen LogP contribution < -0.4 is 10.6 Å². The first kappa shape index (κ1) is 30.0. The maximum atomic E-state index is 13.3. The van der Waals surface area contributed by atoms with Crippen molar-refractivity contribution >= 4 is 36.5 Å². The zero-order chi connectivity index (χ0) is 25.9. The molecule has 0 fully saturated rings. The molecule has 0 aliphatic rings. The van der Waals surface area contributed by atoms with Gasteiger partial charge in [-0.15, -0.1) is 0 Å². The predicted octanol–water partition coefficient (Wildman–Crippen LogP) is 4.20. The van der Waals surface area contributed by atoms with Gasteiger partial charge in [0.2, 0.25) is 12.3 Å².